The summed E-state index contributed by atoms with van der Waals surface area (Å²) in [6.45, 7) is 6.58. The van der Waals surface area contributed by atoms with Crippen LogP contribution in [0.3, 0.4) is 0 Å². The first-order valence-corrected chi connectivity index (χ1v) is 8.65. The van der Waals surface area contributed by atoms with E-state index in [1.807, 2.05) is 38.1 Å². The highest BCUT2D eigenvalue weighted by molar-refractivity contribution is 7.15. The molecule has 1 amide bonds. The van der Waals surface area contributed by atoms with Gasteiger partial charge in [0, 0.05) is 12.2 Å². The second kappa shape index (κ2) is 7.54. The van der Waals surface area contributed by atoms with Gasteiger partial charge < -0.3 is 9.26 Å². The van der Waals surface area contributed by atoms with Crippen LogP contribution in [-0.4, -0.2) is 27.9 Å². The molecule has 1 aromatic carbocycles. The molecule has 0 unspecified atom stereocenters. The van der Waals surface area contributed by atoms with Crippen molar-refractivity contribution >= 4 is 22.4 Å². The van der Waals surface area contributed by atoms with Gasteiger partial charge >= 0.3 is 0 Å². The van der Waals surface area contributed by atoms with Crippen molar-refractivity contribution in [2.24, 2.45) is 0 Å². The van der Waals surface area contributed by atoms with Crippen LogP contribution >= 0.6 is 11.3 Å². The number of nitrogens with zero attached hydrogens (tertiary/aromatic N) is 3. The monoisotopic (exact) mass is 358 g/mol. The molecule has 2 aromatic heterocycles. The molecule has 0 bridgehead atoms. The van der Waals surface area contributed by atoms with E-state index in [0.29, 0.717) is 40.4 Å². The number of anilines is 1. The van der Waals surface area contributed by atoms with Gasteiger partial charge in [0.2, 0.25) is 5.13 Å². The van der Waals surface area contributed by atoms with Crippen LogP contribution in [0.5, 0.6) is 0 Å². The molecule has 7 nitrogen and oxygen atoms in total. The van der Waals surface area contributed by atoms with E-state index in [4.69, 9.17) is 9.26 Å². The zero-order valence-electron chi connectivity index (χ0n) is 14.2. The van der Waals surface area contributed by atoms with Crippen LogP contribution in [-0.2, 0) is 11.3 Å². The normalized spacial score (nSPS) is 10.8. The Morgan fingerprint density at radius 2 is 2.16 bits per heavy atom. The number of carbonyl (C=O) groups is 1. The van der Waals surface area contributed by atoms with Crippen LogP contribution in [0.1, 0.15) is 33.6 Å². The number of nitrogens with one attached hydrogen (secondary N) is 1. The van der Waals surface area contributed by atoms with Crippen molar-refractivity contribution in [3.05, 3.63) is 46.2 Å². The second-order valence-corrected chi connectivity index (χ2v) is 6.49. The summed E-state index contributed by atoms with van der Waals surface area (Å²) >= 11 is 1.28. The van der Waals surface area contributed by atoms with Crippen LogP contribution in [0.4, 0.5) is 5.13 Å². The maximum absolute atomic E-state index is 12.7. The molecule has 3 rings (SSSR count). The first-order chi connectivity index (χ1) is 12.1. The molecule has 0 saturated heterocycles. The number of hydrogen-bond acceptors (Lipinski definition) is 7. The fraction of sp³-hybridized carbons (Fsp3) is 0.294. The molecule has 0 radical (unpaired) electrons. The standard InChI is InChI=1S/C17H18N4O3S/c1-4-23-9-13-19-20-17(25-13)18-16(22)14-11(3)24-21-15(14)12-7-5-6-10(2)8-12/h5-8H,4,9H2,1-3H3,(H,18,20,22). The Hall–Kier alpha value is -2.58. The molecule has 8 heteroatoms. The largest absolute Gasteiger partial charge is 0.374 e. The minimum absolute atomic E-state index is 0.325. The van der Waals surface area contributed by atoms with Crippen LogP contribution in [0.2, 0.25) is 0 Å². The molecular formula is C17H18N4O3S. The lowest BCUT2D eigenvalue weighted by Gasteiger charge is -2.03. The summed E-state index contributed by atoms with van der Waals surface area (Å²) in [5.74, 6) is 0.127. The van der Waals surface area contributed by atoms with Gasteiger partial charge in [0.05, 0.1) is 0 Å². The van der Waals surface area contributed by atoms with E-state index in [1.165, 1.54) is 11.3 Å². The van der Waals surface area contributed by atoms with Crippen molar-refractivity contribution in [2.75, 3.05) is 11.9 Å². The molecule has 0 aliphatic rings. The smallest absolute Gasteiger partial charge is 0.263 e. The fourth-order valence-corrected chi connectivity index (χ4v) is 3.01. The number of rotatable bonds is 6. The molecular weight excluding hydrogens is 340 g/mol. The molecule has 2 heterocycles. The van der Waals surface area contributed by atoms with Crippen molar-refractivity contribution in [3.8, 4) is 11.3 Å². The molecule has 0 atom stereocenters. The van der Waals surface area contributed by atoms with Crippen molar-refractivity contribution in [1.82, 2.24) is 15.4 Å². The van der Waals surface area contributed by atoms with Crippen LogP contribution in [0.25, 0.3) is 11.3 Å². The molecule has 25 heavy (non-hydrogen) atoms. The number of carbonyl (C=O) groups excluding carboxylic acids is 1. The van der Waals surface area contributed by atoms with Crippen molar-refractivity contribution in [1.29, 1.82) is 0 Å². The average molecular weight is 358 g/mol. The molecule has 0 aliphatic carbocycles. The third kappa shape index (κ3) is 3.92. The van der Waals surface area contributed by atoms with Gasteiger partial charge in [0.25, 0.3) is 5.91 Å². The Morgan fingerprint density at radius 1 is 1.32 bits per heavy atom. The maximum atomic E-state index is 12.7. The highest BCUT2D eigenvalue weighted by Gasteiger charge is 2.22. The van der Waals surface area contributed by atoms with Gasteiger partial charge in [-0.05, 0) is 26.8 Å². The van der Waals surface area contributed by atoms with Crippen molar-refractivity contribution in [2.45, 2.75) is 27.4 Å². The van der Waals surface area contributed by atoms with Crippen LogP contribution in [0, 0.1) is 13.8 Å². The summed E-state index contributed by atoms with van der Waals surface area (Å²) < 4.78 is 10.5. The number of benzene rings is 1. The van der Waals surface area contributed by atoms with E-state index >= 15 is 0 Å². The number of amides is 1. The van der Waals surface area contributed by atoms with E-state index < -0.39 is 0 Å². The quantitative estimate of drug-likeness (QED) is 0.724. The summed E-state index contributed by atoms with van der Waals surface area (Å²) in [5, 5.41) is 15.9. The Kier molecular flexibility index (Phi) is 5.20. The average Bonchev–Trinajstić information content (AvgIpc) is 3.19. The summed E-state index contributed by atoms with van der Waals surface area (Å²) in [6.07, 6.45) is 0. The van der Waals surface area contributed by atoms with Gasteiger partial charge in [-0.25, -0.2) is 0 Å². The van der Waals surface area contributed by atoms with E-state index in [0.717, 1.165) is 11.1 Å². The van der Waals surface area contributed by atoms with Crippen LogP contribution in [0.15, 0.2) is 28.8 Å². The van der Waals surface area contributed by atoms with E-state index in [-0.39, 0.29) is 5.91 Å². The Labute approximate surface area is 149 Å². The molecule has 3 aromatic rings. The lowest BCUT2D eigenvalue weighted by Crippen LogP contribution is -2.13. The molecule has 0 saturated carbocycles. The van der Waals surface area contributed by atoms with E-state index in [2.05, 4.69) is 20.7 Å². The lowest BCUT2D eigenvalue weighted by molar-refractivity contribution is 0.102. The van der Waals surface area contributed by atoms with Gasteiger partial charge in [-0.2, -0.15) is 0 Å². The zero-order valence-corrected chi connectivity index (χ0v) is 15.0. The summed E-state index contributed by atoms with van der Waals surface area (Å²) in [5.41, 5.74) is 2.82. The number of hydrogen-bond donors (Lipinski definition) is 1. The highest BCUT2D eigenvalue weighted by atomic mass is 32.1. The fourth-order valence-electron chi connectivity index (χ4n) is 2.34. The molecule has 0 fully saturated rings. The molecule has 0 aliphatic heterocycles. The number of aryl methyl sites for hydroxylation is 2. The maximum Gasteiger partial charge on any atom is 0.263 e. The third-order valence-electron chi connectivity index (χ3n) is 3.50. The highest BCUT2D eigenvalue weighted by Crippen LogP contribution is 2.27. The van der Waals surface area contributed by atoms with Gasteiger partial charge in [0.1, 0.15) is 28.6 Å². The molecule has 1 N–H and O–H groups in total. The predicted molar refractivity (Wildman–Crippen MR) is 94.6 cm³/mol. The van der Waals surface area contributed by atoms with Gasteiger partial charge in [-0.3, -0.25) is 10.1 Å². The summed E-state index contributed by atoms with van der Waals surface area (Å²) in [4.78, 5) is 12.7. The second-order valence-electron chi connectivity index (χ2n) is 5.42. The van der Waals surface area contributed by atoms with Gasteiger partial charge in [-0.1, -0.05) is 40.3 Å². The Bertz CT molecular complexity index is 888. The van der Waals surface area contributed by atoms with E-state index in [9.17, 15) is 4.79 Å². The van der Waals surface area contributed by atoms with E-state index in [1.54, 1.807) is 6.92 Å². The minimum atomic E-state index is -0.325. The first kappa shape index (κ1) is 17.2. The van der Waals surface area contributed by atoms with Crippen molar-refractivity contribution < 1.29 is 14.1 Å². The zero-order chi connectivity index (χ0) is 17.8. The molecule has 130 valence electrons. The predicted octanol–water partition coefficient (Wildman–Crippen LogP) is 3.60. The topological polar surface area (TPSA) is 90.1 Å². The number of aromatic nitrogens is 3. The Morgan fingerprint density at radius 3 is 2.92 bits per heavy atom. The summed E-state index contributed by atoms with van der Waals surface area (Å²) in [6, 6.07) is 7.75. The summed E-state index contributed by atoms with van der Waals surface area (Å²) in [7, 11) is 0. The third-order valence-corrected chi connectivity index (χ3v) is 4.31. The SMILES string of the molecule is CCOCc1nnc(NC(=O)c2c(-c3cccc(C)c3)noc2C)s1. The van der Waals surface area contributed by atoms with Crippen molar-refractivity contribution in [3.63, 3.8) is 0 Å². The minimum Gasteiger partial charge on any atom is -0.374 e. The number of ether oxygens (including phenoxy) is 1. The van der Waals surface area contributed by atoms with Gasteiger partial charge in [-0.15, -0.1) is 10.2 Å². The van der Waals surface area contributed by atoms with Gasteiger partial charge in [0.15, 0.2) is 0 Å². The molecule has 0 spiro atoms. The first-order valence-electron chi connectivity index (χ1n) is 7.83. The van der Waals surface area contributed by atoms with Crippen LogP contribution < -0.4 is 5.32 Å². The Balaban J connectivity index is 1.83. The lowest BCUT2D eigenvalue weighted by atomic mass is 10.0.